The number of halogens is 4. The second kappa shape index (κ2) is 5.72. The van der Waals surface area contributed by atoms with Crippen LogP contribution < -0.4 is 10.9 Å². The summed E-state index contributed by atoms with van der Waals surface area (Å²) in [7, 11) is 0. The fourth-order valence-corrected chi connectivity index (χ4v) is 1.69. The summed E-state index contributed by atoms with van der Waals surface area (Å²) >= 11 is 2.96. The summed E-state index contributed by atoms with van der Waals surface area (Å²) in [5.74, 6) is 0. The lowest BCUT2D eigenvalue weighted by Crippen LogP contribution is -2.42. The number of rotatable bonds is 4. The summed E-state index contributed by atoms with van der Waals surface area (Å²) in [5.41, 5.74) is -1.44. The van der Waals surface area contributed by atoms with Gasteiger partial charge in [0.2, 0.25) is 0 Å². The van der Waals surface area contributed by atoms with E-state index in [-0.39, 0.29) is 10.2 Å². The third-order valence-corrected chi connectivity index (χ3v) is 3.58. The van der Waals surface area contributed by atoms with E-state index in [1.165, 1.54) is 0 Å². The first-order chi connectivity index (χ1) is 8.94. The molecule has 0 aliphatic heterocycles. The van der Waals surface area contributed by atoms with Gasteiger partial charge in [-0.1, -0.05) is 0 Å². The zero-order valence-corrected chi connectivity index (χ0v) is 12.7. The molecule has 0 amide bonds. The average Bonchev–Trinajstić information content (AvgIpc) is 2.27. The highest BCUT2D eigenvalue weighted by Crippen LogP contribution is 2.23. The number of alkyl halides is 3. The maximum Gasteiger partial charge on any atom is 0.408 e. The van der Waals surface area contributed by atoms with Crippen LogP contribution in [0.2, 0.25) is 0 Å². The molecule has 1 aromatic rings. The molecule has 1 unspecified atom stereocenters. The molecule has 0 saturated carbocycles. The molecule has 0 radical (unpaired) electrons. The summed E-state index contributed by atoms with van der Waals surface area (Å²) in [5, 5.41) is 15.9. The molecule has 1 rings (SSSR count). The van der Waals surface area contributed by atoms with Crippen LogP contribution >= 0.6 is 15.9 Å². The fraction of sp³-hybridized carbons (Fsp3) is 0.636. The van der Waals surface area contributed by atoms with E-state index in [2.05, 4.69) is 26.3 Å². The molecule has 114 valence electrons. The largest absolute Gasteiger partial charge is 0.408 e. The molecule has 0 fully saturated rings. The number of nitrogens with zero attached hydrogens (tertiary/aromatic N) is 2. The predicted molar refractivity (Wildman–Crippen MR) is 71.6 cm³/mol. The summed E-state index contributed by atoms with van der Waals surface area (Å²) in [4.78, 5) is 11.8. The van der Waals surface area contributed by atoms with Crippen LogP contribution in [0.4, 0.5) is 18.9 Å². The highest BCUT2D eigenvalue weighted by molar-refractivity contribution is 9.10. The van der Waals surface area contributed by atoms with Gasteiger partial charge in [-0.2, -0.15) is 18.3 Å². The maximum absolute atomic E-state index is 12.3. The number of anilines is 1. The Morgan fingerprint density at radius 1 is 1.50 bits per heavy atom. The first-order valence-corrected chi connectivity index (χ1v) is 6.52. The highest BCUT2D eigenvalue weighted by atomic mass is 79.9. The minimum atomic E-state index is -4.52. The van der Waals surface area contributed by atoms with Crippen molar-refractivity contribution in [2.24, 2.45) is 0 Å². The van der Waals surface area contributed by atoms with Gasteiger partial charge in [-0.05, 0) is 36.7 Å². The maximum atomic E-state index is 12.3. The molecule has 9 heteroatoms. The number of aliphatic hydroxyl groups is 1. The lowest BCUT2D eigenvalue weighted by Gasteiger charge is -2.30. The summed E-state index contributed by atoms with van der Waals surface area (Å²) < 4.78 is 37.1. The Labute approximate surface area is 121 Å². The van der Waals surface area contributed by atoms with E-state index >= 15 is 0 Å². The molecule has 1 aromatic heterocycles. The Hall–Kier alpha value is -1.09. The second-order valence-electron chi connectivity index (χ2n) is 4.97. The van der Waals surface area contributed by atoms with Crippen LogP contribution in [0.3, 0.4) is 0 Å². The molecular weight excluding hydrogens is 343 g/mol. The molecule has 1 heterocycles. The van der Waals surface area contributed by atoms with Crippen LogP contribution in [0.25, 0.3) is 0 Å². The van der Waals surface area contributed by atoms with Gasteiger partial charge >= 0.3 is 6.18 Å². The molecule has 1 atom stereocenters. The van der Waals surface area contributed by atoms with Gasteiger partial charge in [0.1, 0.15) is 11.0 Å². The van der Waals surface area contributed by atoms with Crippen molar-refractivity contribution in [3.63, 3.8) is 0 Å². The van der Waals surface area contributed by atoms with Crippen molar-refractivity contribution >= 4 is 21.6 Å². The molecule has 5 nitrogen and oxygen atoms in total. The lowest BCUT2D eigenvalue weighted by atomic mass is 9.98. The van der Waals surface area contributed by atoms with Crippen LogP contribution in [0.15, 0.2) is 15.5 Å². The monoisotopic (exact) mass is 357 g/mol. The fourth-order valence-electron chi connectivity index (χ4n) is 1.29. The Morgan fingerprint density at radius 2 is 2.05 bits per heavy atom. The minimum Gasteiger partial charge on any atom is -0.391 e. The second-order valence-corrected chi connectivity index (χ2v) is 5.77. The van der Waals surface area contributed by atoms with E-state index in [1.807, 2.05) is 0 Å². The van der Waals surface area contributed by atoms with Crippen molar-refractivity contribution in [2.75, 3.05) is 5.32 Å². The first kappa shape index (κ1) is 17.0. The molecule has 0 bridgehead atoms. The molecule has 2 N–H and O–H groups in total. The van der Waals surface area contributed by atoms with Crippen molar-refractivity contribution in [3.8, 4) is 0 Å². The number of nitrogens with one attached hydrogen (secondary N) is 1. The smallest absolute Gasteiger partial charge is 0.391 e. The topological polar surface area (TPSA) is 67.2 Å². The Kier molecular flexibility index (Phi) is 4.86. The van der Waals surface area contributed by atoms with Crippen LogP contribution in [-0.2, 0) is 6.54 Å². The van der Waals surface area contributed by atoms with Crippen LogP contribution in [0, 0.1) is 0 Å². The summed E-state index contributed by atoms with van der Waals surface area (Å²) in [6.45, 7) is 3.47. The molecule has 0 aliphatic rings. The van der Waals surface area contributed by atoms with E-state index in [1.54, 1.807) is 20.8 Å². The lowest BCUT2D eigenvalue weighted by molar-refractivity contribution is -0.143. The van der Waals surface area contributed by atoms with Gasteiger partial charge in [-0.3, -0.25) is 4.79 Å². The quantitative estimate of drug-likeness (QED) is 0.866. The van der Waals surface area contributed by atoms with Crippen molar-refractivity contribution in [1.29, 1.82) is 0 Å². The van der Waals surface area contributed by atoms with E-state index in [9.17, 15) is 23.1 Å². The molecule has 20 heavy (non-hydrogen) atoms. The van der Waals surface area contributed by atoms with Crippen molar-refractivity contribution < 1.29 is 18.3 Å². The van der Waals surface area contributed by atoms with Gasteiger partial charge in [0.25, 0.3) is 5.56 Å². The van der Waals surface area contributed by atoms with Crippen molar-refractivity contribution in [3.05, 3.63) is 21.0 Å². The van der Waals surface area contributed by atoms with Crippen LogP contribution in [0.1, 0.15) is 20.8 Å². The van der Waals surface area contributed by atoms with E-state index < -0.39 is 29.9 Å². The number of hydrogen-bond acceptors (Lipinski definition) is 4. The molecule has 0 aromatic carbocycles. The normalized spacial score (nSPS) is 14.2. The summed E-state index contributed by atoms with van der Waals surface area (Å²) in [6.07, 6.45) is -4.15. The Morgan fingerprint density at radius 3 is 2.50 bits per heavy atom. The number of aliphatic hydroxyl groups excluding tert-OH is 1. The molecular formula is C11H15BrF3N3O2. The standard InChI is InChI=1S/C11H15BrF3N3O2/c1-6(19)10(2,3)17-7-4-16-18(5-11(13,14)15)9(20)8(7)12/h4,6,17,19H,5H2,1-3H3. The van der Waals surface area contributed by atoms with Gasteiger partial charge in [0, 0.05) is 0 Å². The van der Waals surface area contributed by atoms with Gasteiger partial charge in [0.15, 0.2) is 0 Å². The van der Waals surface area contributed by atoms with E-state index in [0.717, 1.165) is 6.20 Å². The van der Waals surface area contributed by atoms with Crippen molar-refractivity contribution in [1.82, 2.24) is 9.78 Å². The van der Waals surface area contributed by atoms with Crippen LogP contribution in [0.5, 0.6) is 0 Å². The van der Waals surface area contributed by atoms with Gasteiger partial charge < -0.3 is 10.4 Å². The number of hydrogen-bond donors (Lipinski definition) is 2. The van der Waals surface area contributed by atoms with Gasteiger partial charge in [-0.25, -0.2) is 4.68 Å². The van der Waals surface area contributed by atoms with Crippen molar-refractivity contribution in [2.45, 2.75) is 45.1 Å². The van der Waals surface area contributed by atoms with E-state index in [4.69, 9.17) is 0 Å². The Bertz CT molecular complexity index is 541. The SMILES string of the molecule is CC(O)C(C)(C)Nc1cnn(CC(F)(F)F)c(=O)c1Br. The van der Waals surface area contributed by atoms with Gasteiger partial charge in [0.05, 0.1) is 23.5 Å². The predicted octanol–water partition coefficient (Wildman–Crippen LogP) is 2.14. The first-order valence-electron chi connectivity index (χ1n) is 5.72. The zero-order valence-electron chi connectivity index (χ0n) is 11.1. The number of aromatic nitrogens is 2. The third kappa shape index (κ3) is 4.20. The zero-order chi connectivity index (χ0) is 15.7. The third-order valence-electron chi connectivity index (χ3n) is 2.82. The molecule has 0 aliphatic carbocycles. The van der Waals surface area contributed by atoms with Gasteiger partial charge in [-0.15, -0.1) is 0 Å². The average molecular weight is 358 g/mol. The summed E-state index contributed by atoms with van der Waals surface area (Å²) in [6, 6.07) is 0. The molecule has 0 saturated heterocycles. The minimum absolute atomic E-state index is 0.0644. The highest BCUT2D eigenvalue weighted by Gasteiger charge is 2.30. The Balaban J connectivity index is 3.10. The van der Waals surface area contributed by atoms with Crippen LogP contribution in [-0.4, -0.2) is 32.7 Å². The molecule has 0 spiro atoms. The van der Waals surface area contributed by atoms with E-state index in [0.29, 0.717) is 4.68 Å².